The standard InChI is InChI=1S/C13H10BrNO2S2/c14-11-4-3-10(19-11)8-15-13(17)12-9(2-1-6-16)5-7-18-12/h3-5,7,16H,6,8H2,(H,15,17). The van der Waals surface area contributed by atoms with Crippen LogP contribution in [0.1, 0.15) is 20.1 Å². The second-order valence-electron chi connectivity index (χ2n) is 3.51. The van der Waals surface area contributed by atoms with Crippen molar-refractivity contribution in [3.63, 3.8) is 0 Å². The van der Waals surface area contributed by atoms with Gasteiger partial charge in [-0.15, -0.1) is 22.7 Å². The summed E-state index contributed by atoms with van der Waals surface area (Å²) in [5.41, 5.74) is 0.656. The Morgan fingerprint density at radius 3 is 2.95 bits per heavy atom. The van der Waals surface area contributed by atoms with Gasteiger partial charge >= 0.3 is 0 Å². The Bertz CT molecular complexity index is 636. The number of amides is 1. The van der Waals surface area contributed by atoms with Crippen molar-refractivity contribution in [3.05, 3.63) is 42.7 Å². The van der Waals surface area contributed by atoms with E-state index in [0.717, 1.165) is 8.66 Å². The van der Waals surface area contributed by atoms with Gasteiger partial charge in [0.15, 0.2) is 0 Å². The molecular formula is C13H10BrNO2S2. The van der Waals surface area contributed by atoms with Crippen molar-refractivity contribution >= 4 is 44.5 Å². The first-order valence-corrected chi connectivity index (χ1v) is 7.89. The van der Waals surface area contributed by atoms with Crippen LogP contribution >= 0.6 is 38.6 Å². The molecule has 3 nitrogen and oxygen atoms in total. The fourth-order valence-electron chi connectivity index (χ4n) is 1.41. The van der Waals surface area contributed by atoms with Gasteiger partial charge in [0.25, 0.3) is 5.91 Å². The Morgan fingerprint density at radius 1 is 1.42 bits per heavy atom. The molecular weight excluding hydrogens is 346 g/mol. The van der Waals surface area contributed by atoms with Crippen LogP contribution in [0.15, 0.2) is 27.4 Å². The average molecular weight is 356 g/mol. The molecule has 2 N–H and O–H groups in total. The molecule has 0 fully saturated rings. The third-order valence-corrected chi connectivity index (χ3v) is 4.76. The molecule has 1 amide bonds. The van der Waals surface area contributed by atoms with E-state index in [1.807, 2.05) is 17.5 Å². The van der Waals surface area contributed by atoms with Crippen LogP contribution in [0.3, 0.4) is 0 Å². The minimum atomic E-state index is -0.208. The molecule has 98 valence electrons. The molecule has 0 atom stereocenters. The molecule has 0 aromatic carbocycles. The first kappa shape index (κ1) is 14.3. The zero-order chi connectivity index (χ0) is 13.7. The summed E-state index contributed by atoms with van der Waals surface area (Å²) < 4.78 is 1.04. The summed E-state index contributed by atoms with van der Waals surface area (Å²) >= 11 is 6.32. The monoisotopic (exact) mass is 355 g/mol. The number of carbonyl (C=O) groups excluding carboxylic acids is 1. The second kappa shape index (κ2) is 6.87. The highest BCUT2D eigenvalue weighted by Gasteiger charge is 2.11. The van der Waals surface area contributed by atoms with Crippen molar-refractivity contribution in [3.8, 4) is 11.8 Å². The van der Waals surface area contributed by atoms with Crippen molar-refractivity contribution in [1.82, 2.24) is 5.32 Å². The van der Waals surface area contributed by atoms with Crippen LogP contribution < -0.4 is 5.32 Å². The first-order valence-electron chi connectivity index (χ1n) is 5.40. The topological polar surface area (TPSA) is 49.3 Å². The van der Waals surface area contributed by atoms with Crippen LogP contribution in [0.25, 0.3) is 0 Å². The van der Waals surface area contributed by atoms with Crippen LogP contribution in [0, 0.1) is 11.8 Å². The molecule has 0 aliphatic carbocycles. The molecule has 19 heavy (non-hydrogen) atoms. The third kappa shape index (κ3) is 3.91. The summed E-state index contributed by atoms with van der Waals surface area (Å²) in [6, 6.07) is 5.70. The molecule has 0 saturated heterocycles. The number of carbonyl (C=O) groups is 1. The summed E-state index contributed by atoms with van der Waals surface area (Å²) in [4.78, 5) is 13.7. The zero-order valence-electron chi connectivity index (χ0n) is 9.77. The number of nitrogens with one attached hydrogen (secondary N) is 1. The predicted molar refractivity (Wildman–Crippen MR) is 81.5 cm³/mol. The molecule has 0 aliphatic heterocycles. The maximum atomic E-state index is 12.0. The second-order valence-corrected chi connectivity index (χ2v) is 6.98. The predicted octanol–water partition coefficient (Wildman–Crippen LogP) is 2.85. The molecule has 0 spiro atoms. The maximum Gasteiger partial charge on any atom is 0.262 e. The minimum Gasteiger partial charge on any atom is -0.384 e. The van der Waals surface area contributed by atoms with Crippen LogP contribution in [-0.4, -0.2) is 17.6 Å². The maximum absolute atomic E-state index is 12.0. The molecule has 0 bridgehead atoms. The third-order valence-electron chi connectivity index (χ3n) is 2.23. The Morgan fingerprint density at radius 2 is 2.26 bits per heavy atom. The van der Waals surface area contributed by atoms with E-state index in [9.17, 15) is 4.79 Å². The Labute approximate surface area is 127 Å². The number of thiophene rings is 2. The summed E-state index contributed by atoms with van der Waals surface area (Å²) in [5, 5.41) is 13.4. The van der Waals surface area contributed by atoms with Gasteiger partial charge in [0.1, 0.15) is 11.5 Å². The van der Waals surface area contributed by atoms with Crippen LogP contribution in [0.4, 0.5) is 0 Å². The summed E-state index contributed by atoms with van der Waals surface area (Å²) in [7, 11) is 0. The summed E-state index contributed by atoms with van der Waals surface area (Å²) in [5.74, 6) is 5.18. The fourth-order valence-corrected chi connectivity index (χ4v) is 3.60. The first-order chi connectivity index (χ1) is 9.20. The van der Waals surface area contributed by atoms with E-state index in [1.165, 1.54) is 11.3 Å². The number of aliphatic hydroxyl groups is 1. The van der Waals surface area contributed by atoms with Gasteiger partial charge in [-0.05, 0) is 39.5 Å². The van der Waals surface area contributed by atoms with E-state index in [-0.39, 0.29) is 12.5 Å². The van der Waals surface area contributed by atoms with Gasteiger partial charge < -0.3 is 10.4 Å². The van der Waals surface area contributed by atoms with Gasteiger partial charge in [0, 0.05) is 10.4 Å². The largest absolute Gasteiger partial charge is 0.384 e. The number of hydrogen-bond acceptors (Lipinski definition) is 4. The van der Waals surface area contributed by atoms with E-state index in [1.54, 1.807) is 17.4 Å². The average Bonchev–Trinajstić information content (AvgIpc) is 3.02. The Balaban J connectivity index is 2.02. The smallest absolute Gasteiger partial charge is 0.262 e. The lowest BCUT2D eigenvalue weighted by atomic mass is 10.2. The van der Waals surface area contributed by atoms with Crippen molar-refractivity contribution in [2.24, 2.45) is 0 Å². The van der Waals surface area contributed by atoms with Gasteiger partial charge in [-0.3, -0.25) is 4.79 Å². The summed E-state index contributed by atoms with van der Waals surface area (Å²) in [6.45, 7) is 0.292. The van der Waals surface area contributed by atoms with Gasteiger partial charge in [0.2, 0.25) is 0 Å². The number of halogens is 1. The molecule has 0 unspecified atom stereocenters. The van der Waals surface area contributed by atoms with Crippen molar-refractivity contribution in [1.29, 1.82) is 0 Å². The Hall–Kier alpha value is -1.13. The van der Waals surface area contributed by atoms with E-state index >= 15 is 0 Å². The van der Waals surface area contributed by atoms with E-state index < -0.39 is 0 Å². The van der Waals surface area contributed by atoms with Gasteiger partial charge in [0.05, 0.1) is 10.3 Å². The molecule has 2 aromatic heterocycles. The highest BCUT2D eigenvalue weighted by atomic mass is 79.9. The van der Waals surface area contributed by atoms with Crippen LogP contribution in [0.5, 0.6) is 0 Å². The van der Waals surface area contributed by atoms with Crippen molar-refractivity contribution in [2.45, 2.75) is 6.54 Å². The normalized spacial score (nSPS) is 9.79. The molecule has 0 aliphatic rings. The van der Waals surface area contributed by atoms with Gasteiger partial charge in [-0.25, -0.2) is 0 Å². The van der Waals surface area contributed by atoms with Crippen LogP contribution in [-0.2, 0) is 6.54 Å². The summed E-state index contributed by atoms with van der Waals surface area (Å²) in [6.07, 6.45) is 0. The van der Waals surface area contributed by atoms with Crippen molar-refractivity contribution < 1.29 is 9.90 Å². The Kier molecular flexibility index (Phi) is 5.16. The molecule has 2 aromatic rings. The molecule has 2 heterocycles. The van der Waals surface area contributed by atoms with Gasteiger partial charge in [-0.1, -0.05) is 11.8 Å². The molecule has 0 radical (unpaired) electrons. The zero-order valence-corrected chi connectivity index (χ0v) is 13.0. The molecule has 6 heteroatoms. The van der Waals surface area contributed by atoms with E-state index in [0.29, 0.717) is 17.0 Å². The highest BCUT2D eigenvalue weighted by molar-refractivity contribution is 9.11. The number of rotatable bonds is 3. The quantitative estimate of drug-likeness (QED) is 0.831. The van der Waals surface area contributed by atoms with E-state index in [4.69, 9.17) is 5.11 Å². The molecule has 0 saturated carbocycles. The number of hydrogen-bond donors (Lipinski definition) is 2. The van der Waals surface area contributed by atoms with Gasteiger partial charge in [-0.2, -0.15) is 0 Å². The minimum absolute atomic E-state index is 0.137. The lowest BCUT2D eigenvalue weighted by Crippen LogP contribution is -2.22. The molecule has 2 rings (SSSR count). The number of aliphatic hydroxyl groups excluding tert-OH is 1. The highest BCUT2D eigenvalue weighted by Crippen LogP contribution is 2.22. The fraction of sp³-hybridized carbons (Fsp3) is 0.154. The van der Waals surface area contributed by atoms with Crippen LogP contribution in [0.2, 0.25) is 0 Å². The van der Waals surface area contributed by atoms with Crippen molar-refractivity contribution in [2.75, 3.05) is 6.61 Å². The lowest BCUT2D eigenvalue weighted by molar-refractivity contribution is 0.0955. The van der Waals surface area contributed by atoms with E-state index in [2.05, 4.69) is 33.1 Å². The SMILES string of the molecule is O=C(NCc1ccc(Br)s1)c1sccc1C#CCO. The lowest BCUT2D eigenvalue weighted by Gasteiger charge is -2.02.